The van der Waals surface area contributed by atoms with Gasteiger partial charge in [-0.05, 0) is 57.3 Å². The van der Waals surface area contributed by atoms with Crippen LogP contribution in [0.2, 0.25) is 0 Å². The number of nitrogens with zero attached hydrogens (tertiary/aromatic N) is 3. The van der Waals surface area contributed by atoms with Gasteiger partial charge in [-0.2, -0.15) is 5.10 Å². The lowest BCUT2D eigenvalue weighted by Gasteiger charge is -2.08. The highest BCUT2D eigenvalue weighted by atomic mass is 32.1. The summed E-state index contributed by atoms with van der Waals surface area (Å²) in [4.78, 5) is 18.6. The van der Waals surface area contributed by atoms with Crippen molar-refractivity contribution in [3.05, 3.63) is 50.2 Å². The van der Waals surface area contributed by atoms with Crippen molar-refractivity contribution in [2.24, 2.45) is 0 Å². The fourth-order valence-corrected chi connectivity index (χ4v) is 5.23. The molecule has 0 radical (unpaired) electrons. The van der Waals surface area contributed by atoms with Crippen LogP contribution in [0.5, 0.6) is 0 Å². The number of aromatic amines is 1. The normalized spacial score (nSPS) is 13.2. The van der Waals surface area contributed by atoms with Crippen LogP contribution in [-0.2, 0) is 30.6 Å². The Bertz CT molecular complexity index is 1060. The molecule has 0 atom stereocenters. The SMILES string of the molecule is Cc1cccc(-c2n[nH]c(=S)n2CCC(=O)NCCCc2nc3c(s2)CCCC3)c1. The van der Waals surface area contributed by atoms with E-state index in [9.17, 15) is 4.79 Å². The maximum Gasteiger partial charge on any atom is 0.221 e. The molecule has 158 valence electrons. The number of carbonyl (C=O) groups is 1. The standard InChI is InChI=1S/C22H27N5OS2/c1-15-6-4-7-16(14-15)21-25-26-22(29)27(21)13-11-19(28)23-12-5-10-20-24-17-8-2-3-9-18(17)30-20/h4,6-7,14H,2-3,5,8-13H2,1H3,(H,23,28)(H,26,29). The van der Waals surface area contributed by atoms with Gasteiger partial charge in [-0.15, -0.1) is 11.3 Å². The molecule has 6 nitrogen and oxygen atoms in total. The second-order valence-corrected chi connectivity index (χ2v) is 9.32. The minimum atomic E-state index is 0.0340. The van der Waals surface area contributed by atoms with Crippen molar-refractivity contribution in [3.63, 3.8) is 0 Å². The van der Waals surface area contributed by atoms with Crippen molar-refractivity contribution in [2.45, 2.75) is 58.4 Å². The lowest BCUT2D eigenvalue weighted by Crippen LogP contribution is -2.25. The number of H-pyrrole nitrogens is 1. The summed E-state index contributed by atoms with van der Waals surface area (Å²) in [5.41, 5.74) is 3.47. The van der Waals surface area contributed by atoms with Gasteiger partial charge in [-0.3, -0.25) is 14.5 Å². The van der Waals surface area contributed by atoms with Crippen LogP contribution in [0.4, 0.5) is 0 Å². The first-order chi connectivity index (χ1) is 14.6. The number of thiazole rings is 1. The summed E-state index contributed by atoms with van der Waals surface area (Å²) in [6.07, 6.45) is 7.09. The smallest absolute Gasteiger partial charge is 0.221 e. The molecule has 1 aromatic carbocycles. The van der Waals surface area contributed by atoms with Crippen LogP contribution in [0, 0.1) is 11.7 Å². The molecule has 0 bridgehead atoms. The Morgan fingerprint density at radius 3 is 3.03 bits per heavy atom. The third kappa shape index (κ3) is 5.05. The average Bonchev–Trinajstić information content (AvgIpc) is 3.32. The molecule has 0 saturated heterocycles. The van der Waals surface area contributed by atoms with Gasteiger partial charge in [0.1, 0.15) is 0 Å². The van der Waals surface area contributed by atoms with E-state index in [0.29, 0.717) is 24.3 Å². The van der Waals surface area contributed by atoms with Crippen LogP contribution in [0.1, 0.15) is 46.8 Å². The molecule has 2 aromatic heterocycles. The summed E-state index contributed by atoms with van der Waals surface area (Å²) in [5, 5.41) is 11.4. The average molecular weight is 442 g/mol. The molecule has 30 heavy (non-hydrogen) atoms. The Morgan fingerprint density at radius 2 is 2.20 bits per heavy atom. The van der Waals surface area contributed by atoms with Gasteiger partial charge in [0.15, 0.2) is 10.6 Å². The van der Waals surface area contributed by atoms with Crippen molar-refractivity contribution in [2.75, 3.05) is 6.54 Å². The summed E-state index contributed by atoms with van der Waals surface area (Å²) in [7, 11) is 0. The number of benzene rings is 1. The van der Waals surface area contributed by atoms with E-state index >= 15 is 0 Å². The van der Waals surface area contributed by atoms with Gasteiger partial charge in [-0.1, -0.05) is 23.8 Å². The van der Waals surface area contributed by atoms with E-state index in [1.54, 1.807) is 0 Å². The topological polar surface area (TPSA) is 75.6 Å². The zero-order valence-electron chi connectivity index (χ0n) is 17.2. The van der Waals surface area contributed by atoms with Crippen LogP contribution in [-0.4, -0.2) is 32.2 Å². The number of aromatic nitrogens is 4. The Hall–Kier alpha value is -2.32. The molecule has 0 saturated carbocycles. The van der Waals surface area contributed by atoms with E-state index in [1.807, 2.05) is 41.0 Å². The number of carbonyl (C=O) groups excluding carboxylic acids is 1. The number of nitrogens with one attached hydrogen (secondary N) is 2. The van der Waals surface area contributed by atoms with Crippen LogP contribution >= 0.6 is 23.6 Å². The highest BCUT2D eigenvalue weighted by Crippen LogP contribution is 2.27. The molecule has 4 rings (SSSR count). The van der Waals surface area contributed by atoms with Crippen molar-refractivity contribution in [3.8, 4) is 11.4 Å². The third-order valence-electron chi connectivity index (χ3n) is 5.38. The van der Waals surface area contributed by atoms with Gasteiger partial charge in [0.25, 0.3) is 0 Å². The van der Waals surface area contributed by atoms with Crippen LogP contribution in [0.3, 0.4) is 0 Å². The van der Waals surface area contributed by atoms with Crippen molar-refractivity contribution in [1.82, 2.24) is 25.1 Å². The largest absolute Gasteiger partial charge is 0.356 e. The first-order valence-corrected chi connectivity index (χ1v) is 11.8. The molecule has 0 fully saturated rings. The monoisotopic (exact) mass is 441 g/mol. The fourth-order valence-electron chi connectivity index (χ4n) is 3.81. The molecule has 2 N–H and O–H groups in total. The molecule has 1 aliphatic rings. The van der Waals surface area contributed by atoms with E-state index in [2.05, 4.69) is 21.6 Å². The quantitative estimate of drug-likeness (QED) is 0.402. The van der Waals surface area contributed by atoms with Gasteiger partial charge in [-0.25, -0.2) is 4.98 Å². The first kappa shape index (κ1) is 20.9. The zero-order valence-corrected chi connectivity index (χ0v) is 18.9. The molecule has 3 aromatic rings. The molecule has 0 unspecified atom stereocenters. The Balaban J connectivity index is 1.25. The molecule has 1 amide bonds. The number of hydrogen-bond donors (Lipinski definition) is 2. The second kappa shape index (κ2) is 9.66. The number of fused-ring (bicyclic) bond motifs is 1. The molecule has 0 aliphatic heterocycles. The Kier molecular flexibility index (Phi) is 6.74. The molecule has 8 heteroatoms. The minimum absolute atomic E-state index is 0.0340. The first-order valence-electron chi connectivity index (χ1n) is 10.6. The minimum Gasteiger partial charge on any atom is -0.356 e. The molecule has 1 aliphatic carbocycles. The summed E-state index contributed by atoms with van der Waals surface area (Å²) in [5.74, 6) is 0.802. The van der Waals surface area contributed by atoms with E-state index in [-0.39, 0.29) is 5.91 Å². The zero-order chi connectivity index (χ0) is 20.9. The summed E-state index contributed by atoms with van der Waals surface area (Å²) in [6.45, 7) is 3.22. The van der Waals surface area contributed by atoms with Gasteiger partial charge in [0, 0.05) is 36.4 Å². The van der Waals surface area contributed by atoms with Crippen molar-refractivity contribution >= 4 is 29.5 Å². The van der Waals surface area contributed by atoms with E-state index < -0.39 is 0 Å². The van der Waals surface area contributed by atoms with Gasteiger partial charge in [0.2, 0.25) is 5.91 Å². The predicted molar refractivity (Wildman–Crippen MR) is 122 cm³/mol. The van der Waals surface area contributed by atoms with Gasteiger partial charge in [0.05, 0.1) is 10.7 Å². The number of hydrogen-bond acceptors (Lipinski definition) is 5. The summed E-state index contributed by atoms with van der Waals surface area (Å²) < 4.78 is 2.43. The van der Waals surface area contributed by atoms with E-state index in [0.717, 1.165) is 36.2 Å². The van der Waals surface area contributed by atoms with Crippen molar-refractivity contribution < 1.29 is 4.79 Å². The third-order valence-corrected chi connectivity index (χ3v) is 6.91. The predicted octanol–water partition coefficient (Wildman–Crippen LogP) is 4.39. The maximum absolute atomic E-state index is 12.3. The van der Waals surface area contributed by atoms with Crippen molar-refractivity contribution in [1.29, 1.82) is 0 Å². The molecule has 0 spiro atoms. The van der Waals surface area contributed by atoms with Crippen LogP contribution < -0.4 is 5.32 Å². The Morgan fingerprint density at radius 1 is 1.33 bits per heavy atom. The molecule has 2 heterocycles. The molecular weight excluding hydrogens is 414 g/mol. The number of aryl methyl sites for hydroxylation is 4. The van der Waals surface area contributed by atoms with E-state index in [1.165, 1.54) is 34.8 Å². The highest BCUT2D eigenvalue weighted by molar-refractivity contribution is 7.71. The van der Waals surface area contributed by atoms with Crippen LogP contribution in [0.15, 0.2) is 24.3 Å². The Labute approximate surface area is 185 Å². The number of amides is 1. The van der Waals surface area contributed by atoms with Crippen LogP contribution in [0.25, 0.3) is 11.4 Å². The lowest BCUT2D eigenvalue weighted by atomic mass is 10.0. The maximum atomic E-state index is 12.3. The van der Waals surface area contributed by atoms with E-state index in [4.69, 9.17) is 17.2 Å². The number of rotatable bonds is 8. The van der Waals surface area contributed by atoms with Gasteiger partial charge >= 0.3 is 0 Å². The second-order valence-electron chi connectivity index (χ2n) is 7.76. The summed E-state index contributed by atoms with van der Waals surface area (Å²) >= 11 is 7.22. The fraction of sp³-hybridized carbons (Fsp3) is 0.455. The van der Waals surface area contributed by atoms with Gasteiger partial charge < -0.3 is 5.32 Å². The lowest BCUT2D eigenvalue weighted by molar-refractivity contribution is -0.121. The highest BCUT2D eigenvalue weighted by Gasteiger charge is 2.15. The summed E-state index contributed by atoms with van der Waals surface area (Å²) in [6, 6.07) is 8.12. The molecular formula is C22H27N5OS2.